The fourth-order valence-electron chi connectivity index (χ4n) is 4.92. The molecule has 0 aromatic rings. The SMILES string of the molecule is CCCCCCCCCCCCCCOC(N)C(CC(N)=O)OCCCCCCCCCCCCCC. The number of carbonyl (C=O) groups is 1. The summed E-state index contributed by atoms with van der Waals surface area (Å²) in [6.45, 7) is 5.78. The molecule has 5 nitrogen and oxygen atoms in total. The Bertz CT molecular complexity index is 461. The van der Waals surface area contributed by atoms with Crippen LogP contribution in [0.1, 0.15) is 174 Å². The lowest BCUT2D eigenvalue weighted by atomic mass is 10.1. The van der Waals surface area contributed by atoms with E-state index in [1.807, 2.05) is 0 Å². The number of hydrogen-bond donors (Lipinski definition) is 2. The number of nitrogens with two attached hydrogens (primary N) is 2. The summed E-state index contributed by atoms with van der Waals surface area (Å²) in [5, 5.41) is 0. The van der Waals surface area contributed by atoms with Gasteiger partial charge in [0.25, 0.3) is 0 Å². The van der Waals surface area contributed by atoms with Crippen LogP contribution in [0.3, 0.4) is 0 Å². The molecule has 0 saturated heterocycles. The molecule has 0 saturated carbocycles. The lowest BCUT2D eigenvalue weighted by Gasteiger charge is -2.23. The van der Waals surface area contributed by atoms with Gasteiger partial charge in [-0.25, -0.2) is 0 Å². The Balaban J connectivity index is 3.65. The largest absolute Gasteiger partial charge is 0.374 e. The van der Waals surface area contributed by atoms with Gasteiger partial charge in [0.15, 0.2) is 0 Å². The third-order valence-corrected chi connectivity index (χ3v) is 7.41. The molecule has 0 aliphatic rings. The predicted octanol–water partition coefficient (Wildman–Crippen LogP) is 8.95. The number of primary amides is 1. The van der Waals surface area contributed by atoms with E-state index in [9.17, 15) is 4.79 Å². The molecule has 2 atom stereocenters. The average molecular weight is 527 g/mol. The van der Waals surface area contributed by atoms with Gasteiger partial charge < -0.3 is 20.9 Å². The van der Waals surface area contributed by atoms with Crippen LogP contribution in [-0.4, -0.2) is 31.5 Å². The van der Waals surface area contributed by atoms with Crippen LogP contribution in [0.5, 0.6) is 0 Å². The molecular weight excluding hydrogens is 460 g/mol. The number of ether oxygens (including phenoxy) is 2. The van der Waals surface area contributed by atoms with E-state index in [1.165, 1.54) is 135 Å². The molecule has 37 heavy (non-hydrogen) atoms. The highest BCUT2D eigenvalue weighted by atomic mass is 16.5. The summed E-state index contributed by atoms with van der Waals surface area (Å²) >= 11 is 0. The van der Waals surface area contributed by atoms with Gasteiger partial charge in [0, 0.05) is 13.2 Å². The second kappa shape index (κ2) is 29.9. The van der Waals surface area contributed by atoms with E-state index in [1.54, 1.807) is 0 Å². The lowest BCUT2D eigenvalue weighted by Crippen LogP contribution is -2.42. The van der Waals surface area contributed by atoms with Gasteiger partial charge >= 0.3 is 0 Å². The molecule has 1 amide bonds. The second-order valence-electron chi connectivity index (χ2n) is 11.2. The predicted molar refractivity (Wildman–Crippen MR) is 160 cm³/mol. The maximum atomic E-state index is 11.5. The maximum absolute atomic E-state index is 11.5. The molecular formula is C32H66N2O3. The van der Waals surface area contributed by atoms with Crippen LogP contribution < -0.4 is 11.5 Å². The van der Waals surface area contributed by atoms with Gasteiger partial charge in [0.05, 0.1) is 6.42 Å². The van der Waals surface area contributed by atoms with E-state index in [-0.39, 0.29) is 12.3 Å². The first-order valence-electron chi connectivity index (χ1n) is 16.4. The number of amides is 1. The topological polar surface area (TPSA) is 87.6 Å². The zero-order valence-corrected chi connectivity index (χ0v) is 25.1. The van der Waals surface area contributed by atoms with E-state index in [2.05, 4.69) is 13.8 Å². The standard InChI is InChI=1S/C32H66N2O3/c1-3-5-7-9-11-13-15-17-19-21-23-25-27-36-30(29-31(33)35)32(34)37-28-26-24-22-20-18-16-14-12-10-8-6-4-2/h30,32H,3-29,34H2,1-2H3,(H2,33,35). The molecule has 0 aliphatic carbocycles. The van der Waals surface area contributed by atoms with Crippen molar-refractivity contribution in [3.8, 4) is 0 Å². The molecule has 0 bridgehead atoms. The van der Waals surface area contributed by atoms with Crippen LogP contribution in [0.4, 0.5) is 0 Å². The summed E-state index contributed by atoms with van der Waals surface area (Å²) in [4.78, 5) is 11.5. The van der Waals surface area contributed by atoms with Crippen LogP contribution in [0.15, 0.2) is 0 Å². The summed E-state index contributed by atoms with van der Waals surface area (Å²) in [7, 11) is 0. The molecule has 0 radical (unpaired) electrons. The van der Waals surface area contributed by atoms with Crippen LogP contribution in [0, 0.1) is 0 Å². The number of hydrogen-bond acceptors (Lipinski definition) is 4. The molecule has 4 N–H and O–H groups in total. The first-order valence-corrected chi connectivity index (χ1v) is 16.4. The Morgan fingerprint density at radius 3 is 1.14 bits per heavy atom. The fraction of sp³-hybridized carbons (Fsp3) is 0.969. The zero-order valence-electron chi connectivity index (χ0n) is 25.1. The van der Waals surface area contributed by atoms with E-state index < -0.39 is 12.3 Å². The van der Waals surface area contributed by atoms with Crippen LogP contribution in [-0.2, 0) is 14.3 Å². The van der Waals surface area contributed by atoms with Crippen LogP contribution >= 0.6 is 0 Å². The molecule has 0 heterocycles. The minimum absolute atomic E-state index is 0.123. The first kappa shape index (κ1) is 36.4. The molecule has 5 heteroatoms. The smallest absolute Gasteiger partial charge is 0.220 e. The highest BCUT2D eigenvalue weighted by molar-refractivity contribution is 5.74. The van der Waals surface area contributed by atoms with Crippen molar-refractivity contribution in [2.24, 2.45) is 11.5 Å². The van der Waals surface area contributed by atoms with Gasteiger partial charge in [-0.2, -0.15) is 0 Å². The lowest BCUT2D eigenvalue weighted by molar-refractivity contribution is -0.126. The highest BCUT2D eigenvalue weighted by Crippen LogP contribution is 2.14. The zero-order chi connectivity index (χ0) is 27.2. The molecule has 0 rings (SSSR count). The average Bonchev–Trinajstić information content (AvgIpc) is 2.88. The van der Waals surface area contributed by atoms with Gasteiger partial charge in [-0.15, -0.1) is 0 Å². The normalized spacial score (nSPS) is 13.2. The Kier molecular flexibility index (Phi) is 29.4. The Morgan fingerprint density at radius 2 is 0.811 bits per heavy atom. The van der Waals surface area contributed by atoms with E-state index in [4.69, 9.17) is 20.9 Å². The van der Waals surface area contributed by atoms with Gasteiger partial charge in [0.2, 0.25) is 5.91 Å². The minimum Gasteiger partial charge on any atom is -0.374 e. The Labute approximate surface area is 231 Å². The quantitative estimate of drug-likeness (QED) is 0.0697. The summed E-state index contributed by atoms with van der Waals surface area (Å²) < 4.78 is 11.7. The van der Waals surface area contributed by atoms with Crippen LogP contribution in [0.2, 0.25) is 0 Å². The van der Waals surface area contributed by atoms with Crippen molar-refractivity contribution in [3.63, 3.8) is 0 Å². The van der Waals surface area contributed by atoms with Crippen molar-refractivity contribution in [3.05, 3.63) is 0 Å². The molecule has 0 aromatic carbocycles. The van der Waals surface area contributed by atoms with Crippen LogP contribution in [0.25, 0.3) is 0 Å². The minimum atomic E-state index is -0.586. The number of unbranched alkanes of at least 4 members (excludes halogenated alkanes) is 22. The number of carbonyl (C=O) groups excluding carboxylic acids is 1. The molecule has 222 valence electrons. The van der Waals surface area contributed by atoms with Crippen molar-refractivity contribution in [2.45, 2.75) is 187 Å². The summed E-state index contributed by atoms with van der Waals surface area (Å²) in [5.41, 5.74) is 11.6. The maximum Gasteiger partial charge on any atom is 0.220 e. The molecule has 0 aliphatic heterocycles. The van der Waals surface area contributed by atoms with Gasteiger partial charge in [-0.05, 0) is 12.8 Å². The number of rotatable bonds is 31. The Hall–Kier alpha value is -0.650. The van der Waals surface area contributed by atoms with Gasteiger partial charge in [-0.3, -0.25) is 4.79 Å². The van der Waals surface area contributed by atoms with E-state index >= 15 is 0 Å². The van der Waals surface area contributed by atoms with E-state index in [0.717, 1.165) is 19.3 Å². The van der Waals surface area contributed by atoms with Crippen molar-refractivity contribution in [1.82, 2.24) is 0 Å². The van der Waals surface area contributed by atoms with Crippen molar-refractivity contribution in [1.29, 1.82) is 0 Å². The molecule has 0 aromatic heterocycles. The Morgan fingerprint density at radius 1 is 0.514 bits per heavy atom. The summed E-state index contributed by atoms with van der Waals surface area (Å²) in [6, 6.07) is 0. The molecule has 0 fully saturated rings. The second-order valence-corrected chi connectivity index (χ2v) is 11.2. The fourth-order valence-corrected chi connectivity index (χ4v) is 4.92. The monoisotopic (exact) mass is 527 g/mol. The van der Waals surface area contributed by atoms with Crippen molar-refractivity contribution in [2.75, 3.05) is 13.2 Å². The first-order chi connectivity index (χ1) is 18.1. The van der Waals surface area contributed by atoms with E-state index in [0.29, 0.717) is 13.2 Å². The van der Waals surface area contributed by atoms with Crippen molar-refractivity contribution < 1.29 is 14.3 Å². The molecule has 2 unspecified atom stereocenters. The summed E-state index contributed by atoms with van der Waals surface area (Å²) in [5.74, 6) is -0.385. The summed E-state index contributed by atoms with van der Waals surface area (Å²) in [6.07, 6.45) is 30.6. The van der Waals surface area contributed by atoms with Crippen molar-refractivity contribution >= 4 is 5.91 Å². The van der Waals surface area contributed by atoms with Gasteiger partial charge in [-0.1, -0.05) is 155 Å². The highest BCUT2D eigenvalue weighted by Gasteiger charge is 2.21. The molecule has 0 spiro atoms. The van der Waals surface area contributed by atoms with Gasteiger partial charge in [0.1, 0.15) is 12.3 Å². The third kappa shape index (κ3) is 28.2. The third-order valence-electron chi connectivity index (χ3n) is 7.41.